The van der Waals surface area contributed by atoms with Gasteiger partial charge in [0.1, 0.15) is 6.10 Å². The highest BCUT2D eigenvalue weighted by molar-refractivity contribution is 5.06. The topological polar surface area (TPSA) is 62.0 Å². The van der Waals surface area contributed by atoms with Crippen LogP contribution in [0, 0.1) is 0 Å². The number of aromatic amines is 1. The first-order valence-electron chi connectivity index (χ1n) is 2.86. The predicted octanol–water partition coefficient (Wildman–Crippen LogP) is 0.00680. The van der Waals surface area contributed by atoms with Crippen molar-refractivity contribution >= 4 is 0 Å². The Bertz CT molecular complexity index is 160. The van der Waals surface area contributed by atoms with Crippen molar-refractivity contribution in [2.45, 2.75) is 6.10 Å². The molecule has 1 heterocycles. The minimum atomic E-state index is -0.542. The van der Waals surface area contributed by atoms with Gasteiger partial charge in [0, 0.05) is 18.4 Å². The van der Waals surface area contributed by atoms with Gasteiger partial charge in [0.25, 0.3) is 0 Å². The van der Waals surface area contributed by atoms with Crippen LogP contribution in [0.2, 0.25) is 0 Å². The maximum atomic E-state index is 9.06. The van der Waals surface area contributed by atoms with E-state index in [0.29, 0.717) is 0 Å². The average molecular weight is 126 g/mol. The van der Waals surface area contributed by atoms with Crippen molar-refractivity contribution in [1.29, 1.82) is 0 Å². The third kappa shape index (κ3) is 1.31. The lowest BCUT2D eigenvalue weighted by atomic mass is 10.3. The number of aliphatic hydroxyl groups is 1. The third-order valence-corrected chi connectivity index (χ3v) is 1.20. The zero-order chi connectivity index (χ0) is 6.69. The monoisotopic (exact) mass is 126 g/mol. The van der Waals surface area contributed by atoms with Crippen LogP contribution in [0.3, 0.4) is 0 Å². The lowest BCUT2D eigenvalue weighted by Crippen LogP contribution is -2.11. The van der Waals surface area contributed by atoms with Gasteiger partial charge < -0.3 is 15.8 Å². The second-order valence-corrected chi connectivity index (χ2v) is 1.88. The maximum Gasteiger partial charge on any atom is 0.106 e. The summed E-state index contributed by atoms with van der Waals surface area (Å²) in [5, 5.41) is 9.06. The number of hydrogen-bond acceptors (Lipinski definition) is 2. The van der Waals surface area contributed by atoms with E-state index in [4.69, 9.17) is 10.8 Å². The number of H-pyrrole nitrogens is 1. The van der Waals surface area contributed by atoms with Crippen LogP contribution >= 0.6 is 0 Å². The van der Waals surface area contributed by atoms with Crippen LogP contribution in [0.1, 0.15) is 11.8 Å². The Morgan fingerprint density at radius 2 is 2.56 bits per heavy atom. The molecule has 0 saturated heterocycles. The Balaban J connectivity index is 2.65. The van der Waals surface area contributed by atoms with Gasteiger partial charge >= 0.3 is 0 Å². The first kappa shape index (κ1) is 6.32. The quantitative estimate of drug-likeness (QED) is 0.522. The molecule has 0 aliphatic rings. The highest BCUT2D eigenvalue weighted by Crippen LogP contribution is 2.05. The van der Waals surface area contributed by atoms with E-state index in [9.17, 15) is 0 Å². The summed E-state index contributed by atoms with van der Waals surface area (Å²) in [6.45, 7) is 0.264. The summed E-state index contributed by atoms with van der Waals surface area (Å²) in [6, 6.07) is 3.63. The number of nitrogens with one attached hydrogen (secondary N) is 1. The summed E-state index contributed by atoms with van der Waals surface area (Å²) >= 11 is 0. The van der Waals surface area contributed by atoms with Gasteiger partial charge in [-0.25, -0.2) is 0 Å². The molecule has 0 aliphatic carbocycles. The van der Waals surface area contributed by atoms with E-state index in [0.717, 1.165) is 5.69 Å². The van der Waals surface area contributed by atoms with Crippen LogP contribution < -0.4 is 5.73 Å². The van der Waals surface area contributed by atoms with Gasteiger partial charge in [-0.3, -0.25) is 0 Å². The highest BCUT2D eigenvalue weighted by Gasteiger charge is 2.02. The largest absolute Gasteiger partial charge is 0.386 e. The molecule has 1 atom stereocenters. The Labute approximate surface area is 53.5 Å². The molecule has 0 saturated carbocycles. The first-order chi connectivity index (χ1) is 4.34. The fourth-order valence-electron chi connectivity index (χ4n) is 0.678. The maximum absolute atomic E-state index is 9.06. The van der Waals surface area contributed by atoms with Gasteiger partial charge in [0.05, 0.1) is 0 Å². The number of aliphatic hydroxyl groups excluding tert-OH is 1. The van der Waals surface area contributed by atoms with E-state index in [1.165, 1.54) is 0 Å². The van der Waals surface area contributed by atoms with E-state index in [-0.39, 0.29) is 6.54 Å². The molecule has 0 spiro atoms. The van der Waals surface area contributed by atoms with E-state index < -0.39 is 6.10 Å². The van der Waals surface area contributed by atoms with E-state index >= 15 is 0 Å². The summed E-state index contributed by atoms with van der Waals surface area (Å²) in [5.41, 5.74) is 5.97. The molecule has 1 aromatic heterocycles. The van der Waals surface area contributed by atoms with Crippen LogP contribution in [0.5, 0.6) is 0 Å². The number of aromatic nitrogens is 1. The first-order valence-corrected chi connectivity index (χ1v) is 2.86. The summed E-state index contributed by atoms with van der Waals surface area (Å²) in [4.78, 5) is 2.86. The number of rotatable bonds is 2. The van der Waals surface area contributed by atoms with Crippen LogP contribution in [-0.4, -0.2) is 16.6 Å². The Hall–Kier alpha value is -0.800. The fourth-order valence-corrected chi connectivity index (χ4v) is 0.678. The standard InChI is InChI=1S/C6H10N2O/c7-4-6(9)5-2-1-3-8-5/h1-3,6,8-9H,4,7H2/t6-/m1/s1. The van der Waals surface area contributed by atoms with Gasteiger partial charge in [-0.1, -0.05) is 0 Å². The van der Waals surface area contributed by atoms with Gasteiger partial charge in [-0.2, -0.15) is 0 Å². The van der Waals surface area contributed by atoms with Crippen molar-refractivity contribution in [1.82, 2.24) is 4.98 Å². The summed E-state index contributed by atoms with van der Waals surface area (Å²) < 4.78 is 0. The van der Waals surface area contributed by atoms with Crippen LogP contribution in [0.15, 0.2) is 18.3 Å². The molecule has 1 aromatic rings. The average Bonchev–Trinajstić information content (AvgIpc) is 2.37. The van der Waals surface area contributed by atoms with Gasteiger partial charge in [0.15, 0.2) is 0 Å². The molecular weight excluding hydrogens is 116 g/mol. The molecule has 0 aromatic carbocycles. The molecule has 0 fully saturated rings. The molecule has 0 unspecified atom stereocenters. The molecule has 1 rings (SSSR count). The fraction of sp³-hybridized carbons (Fsp3) is 0.333. The molecule has 0 amide bonds. The summed E-state index contributed by atoms with van der Waals surface area (Å²) in [6.07, 6.45) is 1.22. The zero-order valence-corrected chi connectivity index (χ0v) is 5.04. The molecule has 0 bridgehead atoms. The second-order valence-electron chi connectivity index (χ2n) is 1.88. The van der Waals surface area contributed by atoms with Crippen molar-refractivity contribution in [2.75, 3.05) is 6.54 Å². The molecule has 3 heteroatoms. The molecule has 0 aliphatic heterocycles. The molecule has 9 heavy (non-hydrogen) atoms. The molecule has 50 valence electrons. The zero-order valence-electron chi connectivity index (χ0n) is 5.04. The highest BCUT2D eigenvalue weighted by atomic mass is 16.3. The van der Waals surface area contributed by atoms with E-state index in [1.807, 2.05) is 6.07 Å². The Morgan fingerprint density at radius 1 is 1.78 bits per heavy atom. The summed E-state index contributed by atoms with van der Waals surface area (Å²) in [5.74, 6) is 0. The van der Waals surface area contributed by atoms with Crippen LogP contribution in [-0.2, 0) is 0 Å². The Kier molecular flexibility index (Phi) is 1.87. The van der Waals surface area contributed by atoms with Crippen molar-refractivity contribution in [2.24, 2.45) is 5.73 Å². The molecule has 4 N–H and O–H groups in total. The van der Waals surface area contributed by atoms with Crippen LogP contribution in [0.4, 0.5) is 0 Å². The lowest BCUT2D eigenvalue weighted by molar-refractivity contribution is 0.182. The Morgan fingerprint density at radius 3 is 3.00 bits per heavy atom. The van der Waals surface area contributed by atoms with Crippen molar-refractivity contribution in [3.8, 4) is 0 Å². The lowest BCUT2D eigenvalue weighted by Gasteiger charge is -2.02. The summed E-state index contributed by atoms with van der Waals surface area (Å²) in [7, 11) is 0. The molecule has 3 nitrogen and oxygen atoms in total. The second kappa shape index (κ2) is 2.66. The molecule has 0 radical (unpaired) electrons. The van der Waals surface area contributed by atoms with E-state index in [1.54, 1.807) is 12.3 Å². The normalized spacial score (nSPS) is 13.6. The predicted molar refractivity (Wildman–Crippen MR) is 34.8 cm³/mol. The van der Waals surface area contributed by atoms with Gasteiger partial charge in [-0.15, -0.1) is 0 Å². The van der Waals surface area contributed by atoms with Crippen LogP contribution in [0.25, 0.3) is 0 Å². The third-order valence-electron chi connectivity index (χ3n) is 1.20. The molecular formula is C6H10N2O. The van der Waals surface area contributed by atoms with Gasteiger partial charge in [0.2, 0.25) is 0 Å². The number of nitrogens with two attached hydrogens (primary N) is 1. The van der Waals surface area contributed by atoms with Crippen molar-refractivity contribution in [3.63, 3.8) is 0 Å². The van der Waals surface area contributed by atoms with E-state index in [2.05, 4.69) is 4.98 Å². The SMILES string of the molecule is NC[C@@H](O)c1ccc[nH]1. The number of hydrogen-bond donors (Lipinski definition) is 3. The smallest absolute Gasteiger partial charge is 0.106 e. The van der Waals surface area contributed by atoms with Crippen molar-refractivity contribution < 1.29 is 5.11 Å². The minimum Gasteiger partial charge on any atom is -0.386 e. The van der Waals surface area contributed by atoms with Crippen molar-refractivity contribution in [3.05, 3.63) is 24.0 Å². The van der Waals surface area contributed by atoms with Gasteiger partial charge in [-0.05, 0) is 12.1 Å². The minimum absolute atomic E-state index is 0.264.